The fourth-order valence-corrected chi connectivity index (χ4v) is 2.53. The Labute approximate surface area is 138 Å². The number of carboxylic acids is 1. The van der Waals surface area contributed by atoms with Gasteiger partial charge in [-0.25, -0.2) is 9.48 Å². The molecule has 1 N–H and O–H groups in total. The molecule has 0 spiro atoms. The zero-order valence-corrected chi connectivity index (χ0v) is 13.0. The first kappa shape index (κ1) is 15.7. The lowest BCUT2D eigenvalue weighted by atomic mass is 10.1. The molecule has 0 radical (unpaired) electrons. The minimum Gasteiger partial charge on any atom is -0.496 e. The number of tetrazole rings is 1. The van der Waals surface area contributed by atoms with Gasteiger partial charge in [-0.2, -0.15) is 0 Å². The van der Waals surface area contributed by atoms with E-state index in [0.717, 1.165) is 5.56 Å². The van der Waals surface area contributed by atoms with Gasteiger partial charge in [0.15, 0.2) is 11.9 Å². The average Bonchev–Trinajstić information content (AvgIpc) is 3.09. The second-order valence-corrected chi connectivity index (χ2v) is 5.19. The van der Waals surface area contributed by atoms with Gasteiger partial charge in [-0.1, -0.05) is 42.5 Å². The summed E-state index contributed by atoms with van der Waals surface area (Å²) in [5.74, 6) is -0.0597. The summed E-state index contributed by atoms with van der Waals surface area (Å²) < 4.78 is 6.65. The van der Waals surface area contributed by atoms with E-state index in [1.807, 2.05) is 42.5 Å². The van der Waals surface area contributed by atoms with Crippen molar-refractivity contribution in [2.45, 2.75) is 12.5 Å². The third kappa shape index (κ3) is 3.10. The first-order valence-corrected chi connectivity index (χ1v) is 7.38. The van der Waals surface area contributed by atoms with E-state index in [0.29, 0.717) is 17.1 Å². The van der Waals surface area contributed by atoms with Crippen molar-refractivity contribution in [1.29, 1.82) is 0 Å². The quantitative estimate of drug-likeness (QED) is 0.747. The van der Waals surface area contributed by atoms with Crippen LogP contribution in [0, 0.1) is 0 Å². The second kappa shape index (κ2) is 6.91. The highest BCUT2D eigenvalue weighted by Crippen LogP contribution is 2.29. The summed E-state index contributed by atoms with van der Waals surface area (Å²) in [5.41, 5.74) is 1.54. The lowest BCUT2D eigenvalue weighted by molar-refractivity contribution is -0.141. The van der Waals surface area contributed by atoms with Gasteiger partial charge in [0.2, 0.25) is 0 Å². The van der Waals surface area contributed by atoms with Crippen LogP contribution in [0.25, 0.3) is 11.4 Å². The predicted octanol–water partition coefficient (Wildman–Crippen LogP) is 2.22. The summed E-state index contributed by atoms with van der Waals surface area (Å²) in [4.78, 5) is 11.8. The van der Waals surface area contributed by atoms with Gasteiger partial charge in [0.05, 0.1) is 12.7 Å². The molecule has 1 heterocycles. The largest absolute Gasteiger partial charge is 0.496 e. The number of para-hydroxylation sites is 1. The number of carbonyl (C=O) groups is 1. The molecule has 1 atom stereocenters. The van der Waals surface area contributed by atoms with Crippen molar-refractivity contribution >= 4 is 5.97 Å². The summed E-state index contributed by atoms with van der Waals surface area (Å²) in [7, 11) is 1.55. The van der Waals surface area contributed by atoms with Gasteiger partial charge in [-0.3, -0.25) is 0 Å². The molecular weight excluding hydrogens is 308 g/mol. The highest BCUT2D eigenvalue weighted by molar-refractivity contribution is 5.74. The van der Waals surface area contributed by atoms with E-state index in [1.165, 1.54) is 4.68 Å². The summed E-state index contributed by atoms with van der Waals surface area (Å²) in [5, 5.41) is 21.2. The van der Waals surface area contributed by atoms with Crippen LogP contribution in [0.5, 0.6) is 5.75 Å². The standard InChI is InChI=1S/C17H16N4O3/c1-24-15-10-6-5-9-13(15)16-18-19-20-21(16)14(17(22)23)11-12-7-3-2-4-8-12/h2-10,14H,11H2,1H3,(H,22,23). The fraction of sp³-hybridized carbons (Fsp3) is 0.176. The normalized spacial score (nSPS) is 11.9. The third-order valence-electron chi connectivity index (χ3n) is 3.69. The van der Waals surface area contributed by atoms with Crippen LogP contribution in [0.1, 0.15) is 11.6 Å². The molecule has 2 aromatic carbocycles. The van der Waals surface area contributed by atoms with Crippen molar-refractivity contribution in [2.75, 3.05) is 7.11 Å². The van der Waals surface area contributed by atoms with Crippen molar-refractivity contribution in [3.63, 3.8) is 0 Å². The molecule has 1 unspecified atom stereocenters. The molecule has 3 rings (SSSR count). The molecule has 7 nitrogen and oxygen atoms in total. The van der Waals surface area contributed by atoms with Gasteiger partial charge >= 0.3 is 5.97 Å². The van der Waals surface area contributed by atoms with Gasteiger partial charge in [-0.05, 0) is 28.1 Å². The minimum atomic E-state index is -0.998. The maximum absolute atomic E-state index is 11.8. The van der Waals surface area contributed by atoms with Crippen molar-refractivity contribution in [2.24, 2.45) is 0 Å². The molecule has 0 aliphatic rings. The molecule has 1 aromatic heterocycles. The number of methoxy groups -OCH3 is 1. The number of aromatic nitrogens is 4. The first-order valence-electron chi connectivity index (χ1n) is 7.38. The molecule has 3 aromatic rings. The Morgan fingerprint density at radius 2 is 1.88 bits per heavy atom. The monoisotopic (exact) mass is 324 g/mol. The third-order valence-corrected chi connectivity index (χ3v) is 3.69. The Morgan fingerprint density at radius 3 is 2.58 bits per heavy atom. The molecule has 0 saturated heterocycles. The number of hydrogen-bond donors (Lipinski definition) is 1. The van der Waals surface area contributed by atoms with Crippen LogP contribution in [0.15, 0.2) is 54.6 Å². The molecule has 122 valence electrons. The zero-order chi connectivity index (χ0) is 16.9. The van der Waals surface area contributed by atoms with E-state index in [-0.39, 0.29) is 6.42 Å². The van der Waals surface area contributed by atoms with Crippen LogP contribution in [0.2, 0.25) is 0 Å². The Bertz CT molecular complexity index is 833. The van der Waals surface area contributed by atoms with Gasteiger partial charge < -0.3 is 9.84 Å². The highest BCUT2D eigenvalue weighted by Gasteiger charge is 2.26. The summed E-state index contributed by atoms with van der Waals surface area (Å²) in [6.45, 7) is 0. The lowest BCUT2D eigenvalue weighted by Crippen LogP contribution is -2.23. The van der Waals surface area contributed by atoms with Crippen molar-refractivity contribution in [1.82, 2.24) is 20.2 Å². The minimum absolute atomic E-state index is 0.281. The van der Waals surface area contributed by atoms with Crippen molar-refractivity contribution < 1.29 is 14.6 Å². The number of ether oxygens (including phenoxy) is 1. The molecule has 0 amide bonds. The molecule has 7 heteroatoms. The van der Waals surface area contributed by atoms with Crippen LogP contribution in [-0.4, -0.2) is 38.4 Å². The van der Waals surface area contributed by atoms with Gasteiger partial charge in [0, 0.05) is 6.42 Å². The maximum atomic E-state index is 11.8. The summed E-state index contributed by atoms with van der Waals surface area (Å²) in [6.07, 6.45) is 0.281. The maximum Gasteiger partial charge on any atom is 0.329 e. The molecule has 24 heavy (non-hydrogen) atoms. The van der Waals surface area contributed by atoms with Gasteiger partial charge in [-0.15, -0.1) is 5.10 Å². The molecule has 0 saturated carbocycles. The molecule has 0 fully saturated rings. The average molecular weight is 324 g/mol. The van der Waals surface area contributed by atoms with E-state index in [9.17, 15) is 9.90 Å². The number of aliphatic carboxylic acids is 1. The Balaban J connectivity index is 2.02. The predicted molar refractivity (Wildman–Crippen MR) is 86.6 cm³/mol. The van der Waals surface area contributed by atoms with Gasteiger partial charge in [0.1, 0.15) is 5.75 Å². The molecule has 0 aliphatic carbocycles. The SMILES string of the molecule is COc1ccccc1-c1nnnn1C(Cc1ccccc1)C(=O)O. The Hall–Kier alpha value is -3.22. The topological polar surface area (TPSA) is 90.1 Å². The van der Waals surface area contributed by atoms with Crippen LogP contribution < -0.4 is 4.74 Å². The van der Waals surface area contributed by atoms with Crippen LogP contribution in [0.3, 0.4) is 0 Å². The Kier molecular flexibility index (Phi) is 4.51. The fourth-order valence-electron chi connectivity index (χ4n) is 2.53. The van der Waals surface area contributed by atoms with Crippen LogP contribution in [-0.2, 0) is 11.2 Å². The lowest BCUT2D eigenvalue weighted by Gasteiger charge is -2.15. The Morgan fingerprint density at radius 1 is 1.17 bits per heavy atom. The van der Waals surface area contributed by atoms with E-state index < -0.39 is 12.0 Å². The molecule has 0 aliphatic heterocycles. The number of carboxylic acid groups (broad SMARTS) is 1. The van der Waals surface area contributed by atoms with E-state index in [4.69, 9.17) is 4.74 Å². The smallest absolute Gasteiger partial charge is 0.329 e. The van der Waals surface area contributed by atoms with E-state index in [2.05, 4.69) is 15.5 Å². The van der Waals surface area contributed by atoms with E-state index >= 15 is 0 Å². The second-order valence-electron chi connectivity index (χ2n) is 5.19. The van der Waals surface area contributed by atoms with E-state index in [1.54, 1.807) is 19.2 Å². The van der Waals surface area contributed by atoms with Crippen molar-refractivity contribution in [3.8, 4) is 17.1 Å². The zero-order valence-electron chi connectivity index (χ0n) is 13.0. The summed E-state index contributed by atoms with van der Waals surface area (Å²) >= 11 is 0. The first-order chi connectivity index (χ1) is 11.7. The highest BCUT2D eigenvalue weighted by atomic mass is 16.5. The number of benzene rings is 2. The van der Waals surface area contributed by atoms with Crippen molar-refractivity contribution in [3.05, 3.63) is 60.2 Å². The number of nitrogens with zero attached hydrogens (tertiary/aromatic N) is 4. The number of rotatable bonds is 6. The molecule has 0 bridgehead atoms. The number of hydrogen-bond acceptors (Lipinski definition) is 5. The summed E-state index contributed by atoms with van der Waals surface area (Å²) in [6, 6.07) is 15.7. The van der Waals surface area contributed by atoms with Crippen LogP contribution in [0.4, 0.5) is 0 Å². The molecular formula is C17H16N4O3. The van der Waals surface area contributed by atoms with Gasteiger partial charge in [0.25, 0.3) is 0 Å². The van der Waals surface area contributed by atoms with Crippen LogP contribution >= 0.6 is 0 Å².